The normalized spacial score (nSPS) is 21.9. The van der Waals surface area contributed by atoms with E-state index in [-0.39, 0.29) is 15.6 Å². The fraction of sp³-hybridized carbons (Fsp3) is 0.462. The van der Waals surface area contributed by atoms with Crippen LogP contribution in [0.1, 0.15) is 18.9 Å². The Balaban J connectivity index is 2.74. The van der Waals surface area contributed by atoms with Gasteiger partial charge in [-0.05, 0) is 24.6 Å². The maximum Gasteiger partial charge on any atom is 0.416 e. The molecule has 1 aliphatic heterocycles. The van der Waals surface area contributed by atoms with Gasteiger partial charge in [0.25, 0.3) is 0 Å². The number of amides is 2. The van der Waals surface area contributed by atoms with Crippen molar-refractivity contribution in [2.24, 2.45) is 0 Å². The molecule has 0 aromatic heterocycles. The van der Waals surface area contributed by atoms with Crippen LogP contribution < -0.4 is 5.32 Å². The number of nitrogens with zero attached hydrogens (tertiary/aromatic N) is 1. The predicted molar refractivity (Wildman–Crippen MR) is 71.3 cm³/mol. The number of hydrogen-bond donors (Lipinski definition) is 1. The molecular weight excluding hydrogens is 350 g/mol. The molecule has 1 aromatic carbocycles. The highest BCUT2D eigenvalue weighted by Crippen LogP contribution is 2.52. The van der Waals surface area contributed by atoms with E-state index in [1.54, 1.807) is 0 Å². The number of benzene rings is 1. The number of nitrogens with one attached hydrogen (secondary N) is 1. The van der Waals surface area contributed by atoms with Crippen molar-refractivity contribution in [2.75, 3.05) is 11.9 Å². The summed E-state index contributed by atoms with van der Waals surface area (Å²) in [6, 6.07) is 1.85. The topological polar surface area (TPSA) is 32.3 Å². The molecule has 0 bridgehead atoms. The van der Waals surface area contributed by atoms with Crippen LogP contribution in [-0.4, -0.2) is 29.8 Å². The molecule has 128 valence electrons. The Kier molecular flexibility index (Phi) is 4.21. The molecule has 0 spiro atoms. The zero-order valence-corrected chi connectivity index (χ0v) is 12.4. The van der Waals surface area contributed by atoms with Gasteiger partial charge in [0.1, 0.15) is 6.54 Å². The lowest BCUT2D eigenvalue weighted by Crippen LogP contribution is -2.63. The summed E-state index contributed by atoms with van der Waals surface area (Å²) in [7, 11) is 0. The van der Waals surface area contributed by atoms with Crippen molar-refractivity contribution < 1.29 is 31.1 Å². The van der Waals surface area contributed by atoms with Crippen molar-refractivity contribution in [1.29, 1.82) is 0 Å². The first-order chi connectivity index (χ1) is 10.4. The molecule has 10 heteroatoms. The lowest BCUT2D eigenvalue weighted by atomic mass is 9.82. The highest BCUT2D eigenvalue weighted by molar-refractivity contribution is 6.30. The molecule has 1 N–H and O–H groups in total. The first kappa shape index (κ1) is 17.7. The van der Waals surface area contributed by atoms with Gasteiger partial charge in [-0.25, -0.2) is 4.79 Å². The number of anilines is 1. The summed E-state index contributed by atoms with van der Waals surface area (Å²) in [6.07, 6.45) is -10.9. The Morgan fingerprint density at radius 1 is 1.22 bits per heavy atom. The van der Waals surface area contributed by atoms with Gasteiger partial charge < -0.3 is 5.32 Å². The second-order valence-corrected chi connectivity index (χ2v) is 5.47. The van der Waals surface area contributed by atoms with Gasteiger partial charge in [-0.15, -0.1) is 0 Å². The van der Waals surface area contributed by atoms with Crippen LogP contribution in [0.15, 0.2) is 18.2 Å². The smallest absolute Gasteiger partial charge is 0.307 e. The number of hydrogen-bond acceptors (Lipinski definition) is 1. The highest BCUT2D eigenvalue weighted by atomic mass is 35.5. The van der Waals surface area contributed by atoms with Gasteiger partial charge >= 0.3 is 18.4 Å². The maximum atomic E-state index is 13.8. The minimum atomic E-state index is -5.12. The van der Waals surface area contributed by atoms with Crippen molar-refractivity contribution in [2.45, 2.75) is 31.2 Å². The van der Waals surface area contributed by atoms with E-state index in [1.165, 1.54) is 6.07 Å². The minimum Gasteiger partial charge on any atom is -0.307 e. The van der Waals surface area contributed by atoms with E-state index in [9.17, 15) is 31.1 Å². The fourth-order valence-electron chi connectivity index (χ4n) is 2.74. The van der Waals surface area contributed by atoms with Crippen LogP contribution in [0.2, 0.25) is 5.02 Å². The Morgan fingerprint density at radius 3 is 2.30 bits per heavy atom. The Hall–Kier alpha value is -1.64. The monoisotopic (exact) mass is 360 g/mol. The van der Waals surface area contributed by atoms with E-state index < -0.39 is 42.5 Å². The van der Waals surface area contributed by atoms with Gasteiger partial charge in [0, 0.05) is 16.3 Å². The van der Waals surface area contributed by atoms with Crippen molar-refractivity contribution in [3.63, 3.8) is 0 Å². The number of carbonyl (C=O) groups is 1. The summed E-state index contributed by atoms with van der Waals surface area (Å²) in [5.74, 6) is 0. The molecule has 0 aliphatic carbocycles. The number of halogens is 7. The molecular formula is C13H11ClF6N2O. The van der Waals surface area contributed by atoms with E-state index in [0.717, 1.165) is 19.1 Å². The SMILES string of the molecule is CCC1(C(F)(F)F)c2cc(Cl)ccc2NC(=O)N1CC(F)(F)F. The van der Waals surface area contributed by atoms with E-state index >= 15 is 0 Å². The standard InChI is InChI=1S/C13H11ClF6N2O/c1-2-11(13(18,19)20)8-5-7(14)3-4-9(8)21-10(23)22(11)6-12(15,16)17/h3-5H,2,6H2,1H3,(H,21,23). The van der Waals surface area contributed by atoms with Crippen LogP contribution in [0.3, 0.4) is 0 Å². The zero-order chi connectivity index (χ0) is 17.6. The summed E-state index contributed by atoms with van der Waals surface area (Å²) in [5, 5.41) is 1.97. The third kappa shape index (κ3) is 2.93. The van der Waals surface area contributed by atoms with Crippen molar-refractivity contribution in [3.8, 4) is 0 Å². The molecule has 1 aromatic rings. The van der Waals surface area contributed by atoms with Crippen LogP contribution in [0.5, 0.6) is 0 Å². The molecule has 1 unspecified atom stereocenters. The largest absolute Gasteiger partial charge is 0.416 e. The minimum absolute atomic E-state index is 0.0751. The van der Waals surface area contributed by atoms with Gasteiger partial charge in [0.05, 0.1) is 0 Å². The first-order valence-corrected chi connectivity index (χ1v) is 6.82. The van der Waals surface area contributed by atoms with Crippen LogP contribution in [0, 0.1) is 0 Å². The maximum absolute atomic E-state index is 13.8. The van der Waals surface area contributed by atoms with Gasteiger partial charge in [0.2, 0.25) is 0 Å². The molecule has 1 atom stereocenters. The predicted octanol–water partition coefficient (Wildman–Crippen LogP) is 4.92. The lowest BCUT2D eigenvalue weighted by Gasteiger charge is -2.48. The molecule has 0 radical (unpaired) electrons. The molecule has 2 amide bonds. The summed E-state index contributed by atoms with van der Waals surface area (Å²) in [4.78, 5) is 11.7. The molecule has 1 aliphatic rings. The Morgan fingerprint density at radius 2 is 1.83 bits per heavy atom. The molecule has 0 saturated carbocycles. The van der Waals surface area contributed by atoms with E-state index in [2.05, 4.69) is 0 Å². The van der Waals surface area contributed by atoms with Crippen molar-refractivity contribution in [3.05, 3.63) is 28.8 Å². The summed E-state index contributed by atoms with van der Waals surface area (Å²) < 4.78 is 79.5. The second kappa shape index (κ2) is 5.47. The molecule has 23 heavy (non-hydrogen) atoms. The quantitative estimate of drug-likeness (QED) is 0.746. The Labute approximate surface area is 132 Å². The van der Waals surface area contributed by atoms with Gasteiger partial charge in [-0.1, -0.05) is 18.5 Å². The zero-order valence-electron chi connectivity index (χ0n) is 11.6. The fourth-order valence-corrected chi connectivity index (χ4v) is 2.91. The molecule has 2 rings (SSSR count). The molecule has 1 heterocycles. The van der Waals surface area contributed by atoms with E-state index in [4.69, 9.17) is 11.6 Å². The van der Waals surface area contributed by atoms with Crippen LogP contribution in [0.4, 0.5) is 36.8 Å². The van der Waals surface area contributed by atoms with E-state index in [1.807, 2.05) is 5.32 Å². The van der Waals surface area contributed by atoms with Gasteiger partial charge in [-0.2, -0.15) is 26.3 Å². The van der Waals surface area contributed by atoms with Crippen LogP contribution >= 0.6 is 11.6 Å². The average molecular weight is 361 g/mol. The molecule has 0 fully saturated rings. The summed E-state index contributed by atoms with van der Waals surface area (Å²) in [6.45, 7) is -0.960. The number of carbonyl (C=O) groups excluding carboxylic acids is 1. The lowest BCUT2D eigenvalue weighted by molar-refractivity contribution is -0.246. The third-order valence-electron chi connectivity index (χ3n) is 3.69. The van der Waals surface area contributed by atoms with E-state index in [0.29, 0.717) is 0 Å². The van der Waals surface area contributed by atoms with Crippen molar-refractivity contribution in [1.82, 2.24) is 4.90 Å². The highest BCUT2D eigenvalue weighted by Gasteiger charge is 2.64. The van der Waals surface area contributed by atoms with Crippen LogP contribution in [0.25, 0.3) is 0 Å². The van der Waals surface area contributed by atoms with Crippen LogP contribution in [-0.2, 0) is 5.54 Å². The number of urea groups is 1. The van der Waals surface area contributed by atoms with Gasteiger partial charge in [0.15, 0.2) is 5.54 Å². The molecule has 3 nitrogen and oxygen atoms in total. The van der Waals surface area contributed by atoms with Gasteiger partial charge in [-0.3, -0.25) is 4.90 Å². The number of fused-ring (bicyclic) bond motifs is 1. The summed E-state index contributed by atoms with van der Waals surface area (Å²) in [5.41, 5.74) is -3.83. The molecule has 0 saturated heterocycles. The third-order valence-corrected chi connectivity index (χ3v) is 3.93. The second-order valence-electron chi connectivity index (χ2n) is 5.03. The summed E-state index contributed by atoms with van der Waals surface area (Å²) >= 11 is 5.71. The van der Waals surface area contributed by atoms with Crippen molar-refractivity contribution >= 4 is 23.3 Å². The first-order valence-electron chi connectivity index (χ1n) is 6.44. The number of alkyl halides is 6. The Bertz CT molecular complexity index is 630. The average Bonchev–Trinajstić information content (AvgIpc) is 2.38. The number of rotatable bonds is 2.